The monoisotopic (exact) mass is 178 g/mol. The van der Waals surface area contributed by atoms with Crippen LogP contribution in [-0.2, 0) is 10.3 Å². The molecule has 0 aromatic carbocycles. The van der Waals surface area contributed by atoms with E-state index in [9.17, 15) is 8.42 Å². The van der Waals surface area contributed by atoms with Crippen molar-refractivity contribution in [2.75, 3.05) is 0 Å². The summed E-state index contributed by atoms with van der Waals surface area (Å²) < 4.78 is 29.5. The van der Waals surface area contributed by atoms with Crippen molar-refractivity contribution in [1.82, 2.24) is 5.16 Å². The molecule has 0 bridgehead atoms. The van der Waals surface area contributed by atoms with E-state index in [2.05, 4.69) is 19.0 Å². The molecule has 11 heavy (non-hydrogen) atoms. The number of aryl methyl sites for hydroxylation is 1. The lowest BCUT2D eigenvalue weighted by Crippen LogP contribution is -2.18. The van der Waals surface area contributed by atoms with E-state index in [-0.39, 0.29) is 11.5 Å². The molecule has 1 aromatic rings. The van der Waals surface area contributed by atoms with Gasteiger partial charge < -0.3 is 8.71 Å². The minimum atomic E-state index is -3.97. The summed E-state index contributed by atoms with van der Waals surface area (Å²) in [6.45, 7) is 1.51. The molecule has 1 rings (SSSR count). The highest BCUT2D eigenvalue weighted by Crippen LogP contribution is 2.16. The van der Waals surface area contributed by atoms with Crippen LogP contribution in [0, 0.1) is 6.92 Å². The minimum absolute atomic E-state index is 0.00694. The first-order chi connectivity index (χ1) is 4.99. The zero-order valence-corrected chi connectivity index (χ0v) is 6.46. The van der Waals surface area contributed by atoms with E-state index >= 15 is 0 Å². The van der Waals surface area contributed by atoms with Crippen LogP contribution in [0.25, 0.3) is 0 Å². The van der Waals surface area contributed by atoms with Gasteiger partial charge in [-0.1, -0.05) is 5.16 Å². The Kier molecular flexibility index (Phi) is 1.83. The zero-order valence-electron chi connectivity index (χ0n) is 5.64. The Balaban J connectivity index is 2.89. The molecule has 7 heteroatoms. The summed E-state index contributed by atoms with van der Waals surface area (Å²) in [5, 5.41) is 7.86. The molecule has 62 valence electrons. The third kappa shape index (κ3) is 2.20. The topological polar surface area (TPSA) is 95.4 Å². The van der Waals surface area contributed by atoms with Gasteiger partial charge in [0.25, 0.3) is 0 Å². The molecule has 2 N–H and O–H groups in total. The van der Waals surface area contributed by atoms with Crippen LogP contribution in [0.1, 0.15) is 5.76 Å². The van der Waals surface area contributed by atoms with Gasteiger partial charge in [0.1, 0.15) is 6.20 Å². The number of hydrogen-bond acceptors (Lipinski definition) is 5. The average Bonchev–Trinajstić information content (AvgIpc) is 2.12. The van der Waals surface area contributed by atoms with Crippen LogP contribution in [-0.4, -0.2) is 13.6 Å². The fourth-order valence-corrected chi connectivity index (χ4v) is 0.905. The summed E-state index contributed by atoms with van der Waals surface area (Å²) >= 11 is 0. The van der Waals surface area contributed by atoms with Crippen molar-refractivity contribution in [1.29, 1.82) is 0 Å². The Morgan fingerprint density at radius 3 is 2.73 bits per heavy atom. The van der Waals surface area contributed by atoms with Crippen molar-refractivity contribution in [2.24, 2.45) is 5.14 Å². The summed E-state index contributed by atoms with van der Waals surface area (Å²) in [7, 11) is -3.97. The SMILES string of the molecule is Cc1oncc1OS(N)(=O)=O. The van der Waals surface area contributed by atoms with Crippen molar-refractivity contribution in [3.8, 4) is 5.75 Å². The lowest BCUT2D eigenvalue weighted by atomic mass is 10.5. The molecule has 1 aromatic heterocycles. The first-order valence-corrected chi connectivity index (χ1v) is 4.09. The molecule has 6 nitrogen and oxygen atoms in total. The first kappa shape index (κ1) is 8.02. The molecule has 0 atom stereocenters. The lowest BCUT2D eigenvalue weighted by molar-refractivity contribution is 0.390. The molecule has 0 unspecified atom stereocenters. The number of nitrogens with two attached hydrogens (primary N) is 1. The van der Waals surface area contributed by atoms with Gasteiger partial charge in [-0.05, 0) is 0 Å². The van der Waals surface area contributed by atoms with Gasteiger partial charge >= 0.3 is 10.3 Å². The van der Waals surface area contributed by atoms with E-state index in [1.165, 1.54) is 6.92 Å². The number of nitrogens with zero attached hydrogens (tertiary/aromatic N) is 1. The fourth-order valence-electron chi connectivity index (χ4n) is 0.494. The summed E-state index contributed by atoms with van der Waals surface area (Å²) in [6.07, 6.45) is 1.12. The molecule has 0 spiro atoms. The molecule has 0 radical (unpaired) electrons. The third-order valence-electron chi connectivity index (χ3n) is 0.913. The molecule has 0 aliphatic rings. The maximum absolute atomic E-state index is 10.3. The van der Waals surface area contributed by atoms with Gasteiger partial charge in [-0.3, -0.25) is 0 Å². The molecular formula is C4H6N2O4S. The zero-order chi connectivity index (χ0) is 8.48. The van der Waals surface area contributed by atoms with Crippen LogP contribution in [0.3, 0.4) is 0 Å². The molecule has 0 saturated carbocycles. The van der Waals surface area contributed by atoms with Gasteiger partial charge in [-0.2, -0.15) is 13.6 Å². The van der Waals surface area contributed by atoms with E-state index in [1.54, 1.807) is 0 Å². The van der Waals surface area contributed by atoms with E-state index in [0.717, 1.165) is 6.20 Å². The maximum Gasteiger partial charge on any atom is 0.380 e. The molecule has 0 saturated heterocycles. The molecule has 1 heterocycles. The average molecular weight is 178 g/mol. The van der Waals surface area contributed by atoms with Crippen LogP contribution in [0.2, 0.25) is 0 Å². The normalized spacial score (nSPS) is 11.5. The van der Waals surface area contributed by atoms with Crippen molar-refractivity contribution < 1.29 is 17.1 Å². The first-order valence-electron chi connectivity index (χ1n) is 2.62. The van der Waals surface area contributed by atoms with Crippen LogP contribution in [0.5, 0.6) is 5.75 Å². The van der Waals surface area contributed by atoms with Crippen LogP contribution in [0.15, 0.2) is 10.7 Å². The molecule has 0 aliphatic heterocycles. The fraction of sp³-hybridized carbons (Fsp3) is 0.250. The smallest absolute Gasteiger partial charge is 0.366 e. The van der Waals surface area contributed by atoms with Gasteiger partial charge in [-0.25, -0.2) is 0 Å². The third-order valence-corrected chi connectivity index (χ3v) is 1.32. The van der Waals surface area contributed by atoms with Crippen LogP contribution < -0.4 is 9.32 Å². The molecular weight excluding hydrogens is 172 g/mol. The Hall–Kier alpha value is -1.08. The summed E-state index contributed by atoms with van der Waals surface area (Å²) in [4.78, 5) is 0. The lowest BCUT2D eigenvalue weighted by Gasteiger charge is -1.96. The Bertz CT molecular complexity index is 341. The largest absolute Gasteiger partial charge is 0.380 e. The van der Waals surface area contributed by atoms with Crippen molar-refractivity contribution in [2.45, 2.75) is 6.92 Å². The standard InChI is InChI=1S/C4H6N2O4S/c1-3-4(2-6-9-3)10-11(5,7)8/h2H,1H3,(H2,5,7,8). The maximum atomic E-state index is 10.3. The second-order valence-electron chi connectivity index (χ2n) is 1.82. The van der Waals surface area contributed by atoms with Crippen molar-refractivity contribution >= 4 is 10.3 Å². The Labute approximate surface area is 63.2 Å². The van der Waals surface area contributed by atoms with Crippen LogP contribution in [0.4, 0.5) is 0 Å². The second kappa shape index (κ2) is 2.51. The predicted octanol–water partition coefficient (Wildman–Crippen LogP) is -0.435. The number of hydrogen-bond donors (Lipinski definition) is 1. The van der Waals surface area contributed by atoms with E-state index in [1.807, 2.05) is 0 Å². The Morgan fingerprint density at radius 2 is 2.36 bits per heavy atom. The van der Waals surface area contributed by atoms with Gasteiger partial charge in [0.05, 0.1) is 0 Å². The highest BCUT2D eigenvalue weighted by molar-refractivity contribution is 7.84. The highest BCUT2D eigenvalue weighted by Gasteiger charge is 2.10. The molecule has 0 aliphatic carbocycles. The number of rotatable bonds is 2. The van der Waals surface area contributed by atoms with E-state index in [0.29, 0.717) is 0 Å². The van der Waals surface area contributed by atoms with E-state index < -0.39 is 10.3 Å². The summed E-state index contributed by atoms with van der Waals surface area (Å²) in [5.74, 6) is 0.270. The van der Waals surface area contributed by atoms with E-state index in [4.69, 9.17) is 0 Å². The highest BCUT2D eigenvalue weighted by atomic mass is 32.2. The second-order valence-corrected chi connectivity index (χ2v) is 2.97. The van der Waals surface area contributed by atoms with Gasteiger partial charge in [-0.15, -0.1) is 0 Å². The van der Waals surface area contributed by atoms with Crippen molar-refractivity contribution in [3.63, 3.8) is 0 Å². The van der Waals surface area contributed by atoms with Crippen molar-refractivity contribution in [3.05, 3.63) is 12.0 Å². The summed E-state index contributed by atoms with van der Waals surface area (Å²) in [6, 6.07) is 0. The van der Waals surface area contributed by atoms with Gasteiger partial charge in [0, 0.05) is 6.92 Å². The van der Waals surface area contributed by atoms with Gasteiger partial charge in [0.2, 0.25) is 5.75 Å². The van der Waals surface area contributed by atoms with Gasteiger partial charge in [0.15, 0.2) is 5.76 Å². The predicted molar refractivity (Wildman–Crippen MR) is 35.0 cm³/mol. The van der Waals surface area contributed by atoms with Crippen LogP contribution >= 0.6 is 0 Å². The minimum Gasteiger partial charge on any atom is -0.366 e. The quantitative estimate of drug-likeness (QED) is 0.662. The number of aromatic nitrogens is 1. The molecule has 0 fully saturated rings. The summed E-state index contributed by atoms with van der Waals surface area (Å²) in [5.41, 5.74) is 0. The molecule has 0 amide bonds. The Morgan fingerprint density at radius 1 is 1.73 bits per heavy atom.